The predicted molar refractivity (Wildman–Crippen MR) is 119 cm³/mol. The van der Waals surface area contributed by atoms with Crippen LogP contribution in [0, 0.1) is 5.82 Å². The van der Waals surface area contributed by atoms with Crippen LogP contribution in [0.4, 0.5) is 4.39 Å². The van der Waals surface area contributed by atoms with Crippen LogP contribution in [0.3, 0.4) is 0 Å². The highest BCUT2D eigenvalue weighted by molar-refractivity contribution is 7.89. The van der Waals surface area contributed by atoms with Crippen LogP contribution in [-0.2, 0) is 21.4 Å². The third-order valence-corrected chi connectivity index (χ3v) is 7.29. The maximum Gasteiger partial charge on any atom is 0.338 e. The summed E-state index contributed by atoms with van der Waals surface area (Å²) >= 11 is 6.22. The van der Waals surface area contributed by atoms with Crippen molar-refractivity contribution < 1.29 is 27.1 Å². The smallest absolute Gasteiger partial charge is 0.338 e. The maximum absolute atomic E-state index is 14.3. The second-order valence-corrected chi connectivity index (χ2v) is 9.07. The molecule has 10 heteroatoms. The molecule has 0 fully saturated rings. The molecule has 0 aliphatic carbocycles. The van der Waals surface area contributed by atoms with Crippen LogP contribution in [-0.4, -0.2) is 43.9 Å². The van der Waals surface area contributed by atoms with Crippen molar-refractivity contribution in [1.29, 1.82) is 0 Å². The minimum absolute atomic E-state index is 0.0910. The van der Waals surface area contributed by atoms with Gasteiger partial charge in [0.2, 0.25) is 10.0 Å². The molecule has 1 aromatic heterocycles. The van der Waals surface area contributed by atoms with E-state index >= 15 is 0 Å². The minimum Gasteiger partial charge on any atom is -0.497 e. The van der Waals surface area contributed by atoms with Crippen LogP contribution in [0.25, 0.3) is 10.9 Å². The van der Waals surface area contributed by atoms with Gasteiger partial charge in [0.25, 0.3) is 0 Å². The number of methoxy groups -OCH3 is 1. The van der Waals surface area contributed by atoms with E-state index in [1.807, 2.05) is 0 Å². The standard InChI is InChI=1S/C22H22ClFN2O5S/c1-4-26(5-2)32(28,29)20-11-15(7-9-18(20)24)22(27)31-13-16-10-14-6-8-17(30-3)12-19(14)25-21(16)23/h6-12H,4-5,13H2,1-3H3. The number of fused-ring (bicyclic) bond motifs is 1. The van der Waals surface area contributed by atoms with Crippen LogP contribution in [0.15, 0.2) is 47.4 Å². The molecule has 170 valence electrons. The molecule has 0 aliphatic heterocycles. The highest BCUT2D eigenvalue weighted by atomic mass is 35.5. The maximum atomic E-state index is 14.3. The Morgan fingerprint density at radius 3 is 2.50 bits per heavy atom. The molecule has 0 spiro atoms. The zero-order valence-corrected chi connectivity index (χ0v) is 19.3. The van der Waals surface area contributed by atoms with E-state index in [4.69, 9.17) is 21.1 Å². The fourth-order valence-corrected chi connectivity index (χ4v) is 4.90. The van der Waals surface area contributed by atoms with Gasteiger partial charge >= 0.3 is 5.97 Å². The highest BCUT2D eigenvalue weighted by Crippen LogP contribution is 2.26. The summed E-state index contributed by atoms with van der Waals surface area (Å²) < 4.78 is 51.2. The number of carbonyl (C=O) groups excluding carboxylic acids is 1. The summed E-state index contributed by atoms with van der Waals surface area (Å²) in [5.41, 5.74) is 0.997. The summed E-state index contributed by atoms with van der Waals surface area (Å²) in [6.07, 6.45) is 0. The quantitative estimate of drug-likeness (QED) is 0.350. The molecule has 0 amide bonds. The summed E-state index contributed by atoms with van der Waals surface area (Å²) in [6.45, 7) is 3.45. The van der Waals surface area contributed by atoms with Crippen molar-refractivity contribution in [3.8, 4) is 5.75 Å². The van der Waals surface area contributed by atoms with Crippen LogP contribution in [0.5, 0.6) is 5.75 Å². The first kappa shape index (κ1) is 23.9. The van der Waals surface area contributed by atoms with Crippen molar-refractivity contribution in [2.75, 3.05) is 20.2 Å². The van der Waals surface area contributed by atoms with Crippen molar-refractivity contribution >= 4 is 38.5 Å². The van der Waals surface area contributed by atoms with E-state index in [-0.39, 0.29) is 30.4 Å². The van der Waals surface area contributed by atoms with Gasteiger partial charge in [-0.3, -0.25) is 0 Å². The van der Waals surface area contributed by atoms with E-state index in [1.54, 1.807) is 45.2 Å². The molecule has 0 N–H and O–H groups in total. The largest absolute Gasteiger partial charge is 0.497 e. The van der Waals surface area contributed by atoms with Gasteiger partial charge in [0.15, 0.2) is 0 Å². The molecule has 1 heterocycles. The molecule has 7 nitrogen and oxygen atoms in total. The van der Waals surface area contributed by atoms with Crippen molar-refractivity contribution in [3.63, 3.8) is 0 Å². The zero-order valence-electron chi connectivity index (χ0n) is 17.8. The van der Waals surface area contributed by atoms with Gasteiger partial charge in [0.1, 0.15) is 28.2 Å². The number of sulfonamides is 1. The van der Waals surface area contributed by atoms with Gasteiger partial charge in [-0.05, 0) is 36.4 Å². The Labute approximate surface area is 190 Å². The fourth-order valence-electron chi connectivity index (χ4n) is 3.15. The van der Waals surface area contributed by atoms with Crippen LogP contribution in [0.2, 0.25) is 5.15 Å². The number of rotatable bonds is 8. The lowest BCUT2D eigenvalue weighted by Crippen LogP contribution is -2.31. The van der Waals surface area contributed by atoms with Crippen LogP contribution in [0.1, 0.15) is 29.8 Å². The lowest BCUT2D eigenvalue weighted by molar-refractivity contribution is 0.0472. The topological polar surface area (TPSA) is 85.8 Å². The van der Waals surface area contributed by atoms with Gasteiger partial charge in [-0.1, -0.05) is 25.4 Å². The van der Waals surface area contributed by atoms with Gasteiger partial charge in [-0.15, -0.1) is 0 Å². The number of ether oxygens (including phenoxy) is 2. The Morgan fingerprint density at radius 2 is 1.84 bits per heavy atom. The number of nitrogens with zero attached hydrogens (tertiary/aromatic N) is 2. The predicted octanol–water partition coefficient (Wildman–Crippen LogP) is 4.42. The molecule has 0 bridgehead atoms. The van der Waals surface area contributed by atoms with Crippen molar-refractivity contribution in [1.82, 2.24) is 9.29 Å². The average molecular weight is 481 g/mol. The lowest BCUT2D eigenvalue weighted by Gasteiger charge is -2.19. The summed E-state index contributed by atoms with van der Waals surface area (Å²) in [4.78, 5) is 16.3. The average Bonchev–Trinajstić information content (AvgIpc) is 2.77. The van der Waals surface area contributed by atoms with Crippen molar-refractivity contribution in [2.45, 2.75) is 25.3 Å². The number of benzene rings is 2. The molecule has 0 unspecified atom stereocenters. The summed E-state index contributed by atoms with van der Waals surface area (Å²) in [6, 6.07) is 10.1. The van der Waals surface area contributed by atoms with E-state index in [0.29, 0.717) is 16.8 Å². The fraction of sp³-hybridized carbons (Fsp3) is 0.273. The van der Waals surface area contributed by atoms with Crippen LogP contribution < -0.4 is 4.74 Å². The van der Waals surface area contributed by atoms with E-state index < -0.39 is 26.7 Å². The second kappa shape index (κ2) is 9.81. The Kier molecular flexibility index (Phi) is 7.33. The summed E-state index contributed by atoms with van der Waals surface area (Å²) in [5, 5.41) is 0.929. The van der Waals surface area contributed by atoms with Crippen LogP contribution >= 0.6 is 11.6 Å². The van der Waals surface area contributed by atoms with Gasteiger partial charge in [-0.25, -0.2) is 22.6 Å². The molecule has 0 saturated carbocycles. The number of pyridine rings is 1. The molecule has 3 rings (SSSR count). The van der Waals surface area contributed by atoms with Gasteiger partial charge in [0.05, 0.1) is 18.2 Å². The van der Waals surface area contributed by atoms with Crippen molar-refractivity contribution in [3.05, 3.63) is 64.6 Å². The Hall–Kier alpha value is -2.75. The number of halogens is 2. The number of hydrogen-bond donors (Lipinski definition) is 0. The third kappa shape index (κ3) is 4.85. The molecule has 0 aliphatic rings. The molecule has 32 heavy (non-hydrogen) atoms. The summed E-state index contributed by atoms with van der Waals surface area (Å²) in [5.74, 6) is -1.12. The van der Waals surface area contributed by atoms with E-state index in [0.717, 1.165) is 21.8 Å². The first-order valence-electron chi connectivity index (χ1n) is 9.81. The number of carbonyl (C=O) groups is 1. The first-order valence-corrected chi connectivity index (χ1v) is 11.6. The second-order valence-electron chi connectivity index (χ2n) is 6.81. The molecule has 3 aromatic rings. The zero-order chi connectivity index (χ0) is 23.5. The van der Waals surface area contributed by atoms with E-state index in [9.17, 15) is 17.6 Å². The third-order valence-electron chi connectivity index (χ3n) is 4.90. The number of hydrogen-bond acceptors (Lipinski definition) is 6. The highest BCUT2D eigenvalue weighted by Gasteiger charge is 2.26. The minimum atomic E-state index is -4.08. The van der Waals surface area contributed by atoms with Gasteiger partial charge in [0, 0.05) is 30.1 Å². The van der Waals surface area contributed by atoms with E-state index in [1.165, 1.54) is 6.07 Å². The molecule has 0 atom stereocenters. The Morgan fingerprint density at radius 1 is 1.12 bits per heavy atom. The monoisotopic (exact) mass is 480 g/mol. The molecule has 0 radical (unpaired) electrons. The normalized spacial score (nSPS) is 11.7. The molecular formula is C22H22ClFN2O5S. The number of esters is 1. The summed E-state index contributed by atoms with van der Waals surface area (Å²) in [7, 11) is -2.54. The van der Waals surface area contributed by atoms with E-state index in [2.05, 4.69) is 4.98 Å². The first-order chi connectivity index (χ1) is 15.2. The molecule has 0 saturated heterocycles. The SMILES string of the molecule is CCN(CC)S(=O)(=O)c1cc(C(=O)OCc2cc3ccc(OC)cc3nc2Cl)ccc1F. The molecule has 2 aromatic carbocycles. The Bertz CT molecular complexity index is 1260. The molecular weight excluding hydrogens is 459 g/mol. The lowest BCUT2D eigenvalue weighted by atomic mass is 10.1. The number of aromatic nitrogens is 1. The van der Waals surface area contributed by atoms with Gasteiger partial charge < -0.3 is 9.47 Å². The van der Waals surface area contributed by atoms with Crippen molar-refractivity contribution in [2.24, 2.45) is 0 Å². The van der Waals surface area contributed by atoms with Gasteiger partial charge in [-0.2, -0.15) is 4.31 Å². The Balaban J connectivity index is 1.83.